The van der Waals surface area contributed by atoms with Gasteiger partial charge >= 0.3 is 0 Å². The van der Waals surface area contributed by atoms with Crippen molar-refractivity contribution in [3.8, 4) is 0 Å². The highest BCUT2D eigenvalue weighted by Crippen LogP contribution is 2.34. The van der Waals surface area contributed by atoms with E-state index in [0.717, 1.165) is 0 Å². The Hall–Kier alpha value is -1.33. The second kappa shape index (κ2) is 19.3. The summed E-state index contributed by atoms with van der Waals surface area (Å²) in [5.74, 6) is -0.827. The van der Waals surface area contributed by atoms with E-state index < -0.39 is 129 Å². The molecule has 22 nitrogen and oxygen atoms in total. The van der Waals surface area contributed by atoms with Crippen LogP contribution in [-0.2, 0) is 33.2 Å². The van der Waals surface area contributed by atoms with Gasteiger partial charge in [0.2, 0.25) is 5.91 Å². The third-order valence-electron chi connectivity index (χ3n) is 9.67. The number of nitrogens with one attached hydrogen (secondary N) is 2. The Morgan fingerprint density at radius 2 is 1.43 bits per heavy atom. The number of hydrogen-bond donors (Lipinski definition) is 15. The van der Waals surface area contributed by atoms with Crippen LogP contribution < -0.4 is 39.3 Å². The van der Waals surface area contributed by atoms with Crippen LogP contribution in [0.4, 0.5) is 0 Å². The number of aliphatic hydroxyl groups excluding tert-OH is 8. The molecular weight excluding hydrogens is 686 g/mol. The molecule has 3 saturated heterocycles. The van der Waals surface area contributed by atoms with E-state index in [-0.39, 0.29) is 52.0 Å². The molecule has 20 N–H and O–H groups in total. The zero-order chi connectivity index (χ0) is 37.6. The van der Waals surface area contributed by atoms with E-state index in [1.165, 1.54) is 0 Å². The average molecular weight is 744 g/mol. The Bertz CT molecular complexity index is 1080. The summed E-state index contributed by atoms with van der Waals surface area (Å²) in [4.78, 5) is 12.7. The first-order valence-electron chi connectivity index (χ1n) is 17.2. The van der Waals surface area contributed by atoms with Gasteiger partial charge in [-0.2, -0.15) is 0 Å². The van der Waals surface area contributed by atoms with Gasteiger partial charge in [-0.05, 0) is 19.4 Å². The molecule has 3 aliphatic heterocycles. The highest BCUT2D eigenvalue weighted by Gasteiger charge is 2.54. The zero-order valence-corrected chi connectivity index (χ0v) is 28.2. The largest absolute Gasteiger partial charge is 0.395 e. The van der Waals surface area contributed by atoms with E-state index in [1.807, 2.05) is 0 Å². The number of amides is 1. The van der Waals surface area contributed by atoms with Crippen LogP contribution in [-0.4, -0.2) is 202 Å². The van der Waals surface area contributed by atoms with E-state index in [9.17, 15) is 40.5 Å². The topological polar surface area (TPSA) is 388 Å². The monoisotopic (exact) mass is 743 g/mol. The summed E-state index contributed by atoms with van der Waals surface area (Å²) in [7, 11) is 0. The molecule has 4 rings (SSSR count). The zero-order valence-electron chi connectivity index (χ0n) is 28.2. The summed E-state index contributed by atoms with van der Waals surface area (Å²) in [6.07, 6.45) is -20.1. The summed E-state index contributed by atoms with van der Waals surface area (Å²) >= 11 is 0. The van der Waals surface area contributed by atoms with Gasteiger partial charge in [0.25, 0.3) is 0 Å². The molecule has 0 aromatic rings. The lowest BCUT2D eigenvalue weighted by atomic mass is 9.83. The molecule has 0 bridgehead atoms. The molecule has 0 aromatic heterocycles. The first kappa shape index (κ1) is 42.4. The summed E-state index contributed by atoms with van der Waals surface area (Å²) in [5, 5.41) is 89.2. The Labute approximate surface area is 294 Å². The van der Waals surface area contributed by atoms with Gasteiger partial charge in [-0.1, -0.05) is 0 Å². The van der Waals surface area contributed by atoms with Crippen molar-refractivity contribution in [2.75, 3.05) is 39.4 Å². The molecule has 19 atom stereocenters. The fourth-order valence-corrected chi connectivity index (χ4v) is 6.69. The molecule has 3 heterocycles. The third kappa shape index (κ3) is 10.1. The highest BCUT2D eigenvalue weighted by atomic mass is 16.8. The van der Waals surface area contributed by atoms with Crippen LogP contribution in [0.25, 0.3) is 0 Å². The SMILES string of the molecule is NCCC(O)C(=O)NC1CC(N)C(OC2OC(CNCCO)CC(O)C2N)C(OC2OC(CO)C(OC3OC(CN)C(O)C(O)C3N)C2O)C1O. The lowest BCUT2D eigenvalue weighted by Gasteiger charge is -2.47. The summed E-state index contributed by atoms with van der Waals surface area (Å²) in [6.45, 7) is -0.492. The van der Waals surface area contributed by atoms with Gasteiger partial charge < -0.3 is 109 Å². The number of carbonyl (C=O) groups is 1. The average Bonchev–Trinajstić information content (AvgIpc) is 3.40. The highest BCUT2D eigenvalue weighted by molar-refractivity contribution is 5.80. The minimum atomic E-state index is -1.69. The predicted molar refractivity (Wildman–Crippen MR) is 172 cm³/mol. The van der Waals surface area contributed by atoms with Crippen LogP contribution in [0.5, 0.6) is 0 Å². The van der Waals surface area contributed by atoms with Crippen molar-refractivity contribution in [1.29, 1.82) is 0 Å². The van der Waals surface area contributed by atoms with Crippen LogP contribution >= 0.6 is 0 Å². The van der Waals surface area contributed by atoms with Crippen LogP contribution in [0.2, 0.25) is 0 Å². The van der Waals surface area contributed by atoms with Gasteiger partial charge in [-0.25, -0.2) is 0 Å². The van der Waals surface area contributed by atoms with Crippen molar-refractivity contribution in [2.24, 2.45) is 28.7 Å². The molecule has 4 aliphatic rings. The van der Waals surface area contributed by atoms with Crippen molar-refractivity contribution in [2.45, 2.75) is 136 Å². The standard InChI is InChI=1S/C29H57N7O15/c30-2-1-13(39)26(45)36-12-6-11(32)23(49-27-17(33)14(40)5-10(46-27)8-35-3-4-37)25(19(12)41)51-29-22(44)24(16(9-38)48-29)50-28-18(34)21(43)20(42)15(7-31)47-28/h10-25,27-29,35,37-44H,1-9,30-34H2,(H,36,45). The van der Waals surface area contributed by atoms with E-state index in [0.29, 0.717) is 0 Å². The van der Waals surface area contributed by atoms with Crippen LogP contribution in [0.1, 0.15) is 19.3 Å². The Morgan fingerprint density at radius 1 is 0.784 bits per heavy atom. The third-order valence-corrected chi connectivity index (χ3v) is 9.67. The molecule has 19 unspecified atom stereocenters. The van der Waals surface area contributed by atoms with Crippen molar-refractivity contribution >= 4 is 5.91 Å². The van der Waals surface area contributed by atoms with Gasteiger partial charge in [-0.15, -0.1) is 0 Å². The molecule has 1 aliphatic carbocycles. The molecule has 1 amide bonds. The molecule has 22 heteroatoms. The number of hydrogen-bond acceptors (Lipinski definition) is 21. The fraction of sp³-hybridized carbons (Fsp3) is 0.966. The first-order valence-corrected chi connectivity index (χ1v) is 17.2. The minimum Gasteiger partial charge on any atom is -0.395 e. The van der Waals surface area contributed by atoms with Gasteiger partial charge in [0.15, 0.2) is 18.9 Å². The summed E-state index contributed by atoms with van der Waals surface area (Å²) in [5.41, 5.74) is 29.9. The molecular formula is C29H57N7O15. The number of ether oxygens (including phenoxy) is 6. The van der Waals surface area contributed by atoms with Crippen molar-refractivity contribution in [1.82, 2.24) is 10.6 Å². The van der Waals surface area contributed by atoms with Crippen molar-refractivity contribution in [3.05, 3.63) is 0 Å². The Kier molecular flexibility index (Phi) is 16.1. The second-order valence-corrected chi connectivity index (χ2v) is 13.4. The molecule has 0 spiro atoms. The van der Waals surface area contributed by atoms with Gasteiger partial charge in [0.05, 0.1) is 43.5 Å². The first-order chi connectivity index (χ1) is 24.3. The van der Waals surface area contributed by atoms with Crippen molar-refractivity contribution in [3.63, 3.8) is 0 Å². The smallest absolute Gasteiger partial charge is 0.249 e. The predicted octanol–water partition coefficient (Wildman–Crippen LogP) is -9.38. The number of carbonyl (C=O) groups excluding carboxylic acids is 1. The summed E-state index contributed by atoms with van der Waals surface area (Å²) < 4.78 is 35.6. The van der Waals surface area contributed by atoms with Crippen LogP contribution in [0.15, 0.2) is 0 Å². The molecule has 4 fully saturated rings. The number of nitrogens with two attached hydrogens (primary N) is 5. The van der Waals surface area contributed by atoms with Crippen molar-refractivity contribution < 1.29 is 74.1 Å². The van der Waals surface area contributed by atoms with Gasteiger partial charge in [-0.3, -0.25) is 4.79 Å². The lowest BCUT2D eigenvalue weighted by molar-refractivity contribution is -0.296. The number of rotatable bonds is 16. The summed E-state index contributed by atoms with van der Waals surface area (Å²) in [6, 6.07) is -4.48. The van der Waals surface area contributed by atoms with Crippen LogP contribution in [0, 0.1) is 0 Å². The van der Waals surface area contributed by atoms with E-state index in [1.54, 1.807) is 0 Å². The van der Waals surface area contributed by atoms with Gasteiger partial charge in [0.1, 0.15) is 61.0 Å². The van der Waals surface area contributed by atoms with Gasteiger partial charge in [0, 0.05) is 32.1 Å². The molecule has 0 radical (unpaired) electrons. The molecule has 298 valence electrons. The normalized spacial score (nSPS) is 45.4. The lowest BCUT2D eigenvalue weighted by Crippen LogP contribution is -2.67. The van der Waals surface area contributed by atoms with E-state index >= 15 is 0 Å². The number of aliphatic hydroxyl groups is 8. The maximum absolute atomic E-state index is 12.7. The second-order valence-electron chi connectivity index (χ2n) is 13.4. The Morgan fingerprint density at radius 3 is 2.08 bits per heavy atom. The quantitative estimate of drug-likeness (QED) is 0.0652. The maximum Gasteiger partial charge on any atom is 0.249 e. The molecule has 0 aromatic carbocycles. The minimum absolute atomic E-state index is 0.0162. The van der Waals surface area contributed by atoms with E-state index in [4.69, 9.17) is 62.2 Å². The van der Waals surface area contributed by atoms with E-state index in [2.05, 4.69) is 10.6 Å². The van der Waals surface area contributed by atoms with Crippen LogP contribution in [0.3, 0.4) is 0 Å². The maximum atomic E-state index is 12.7. The molecule has 1 saturated carbocycles. The fourth-order valence-electron chi connectivity index (χ4n) is 6.69. The molecule has 51 heavy (non-hydrogen) atoms. The Balaban J connectivity index is 1.56.